The van der Waals surface area contributed by atoms with E-state index in [1.807, 2.05) is 18.2 Å². The summed E-state index contributed by atoms with van der Waals surface area (Å²) in [7, 11) is 3.42. The van der Waals surface area contributed by atoms with Crippen molar-refractivity contribution < 1.29 is 14.6 Å². The van der Waals surface area contributed by atoms with Crippen molar-refractivity contribution in [3.8, 4) is 11.5 Å². The van der Waals surface area contributed by atoms with Gasteiger partial charge in [0.15, 0.2) is 0 Å². The van der Waals surface area contributed by atoms with Gasteiger partial charge in [0.05, 0.1) is 20.8 Å². The van der Waals surface area contributed by atoms with Gasteiger partial charge < -0.3 is 14.6 Å². The number of methoxy groups -OCH3 is 2. The number of hydrogen-bond donors (Lipinski definition) is 1. The van der Waals surface area contributed by atoms with Crippen LogP contribution in [0.5, 0.6) is 11.5 Å². The first-order valence-electron chi connectivity index (χ1n) is 31.1. The van der Waals surface area contributed by atoms with Crippen LogP contribution in [0.15, 0.2) is 218 Å². The molecule has 456 valence electrons. The summed E-state index contributed by atoms with van der Waals surface area (Å²) in [6.45, 7) is 42.4. The lowest BCUT2D eigenvalue weighted by atomic mass is 9.80. The van der Waals surface area contributed by atoms with Crippen LogP contribution in [0.2, 0.25) is 0 Å². The van der Waals surface area contributed by atoms with E-state index >= 15 is 0 Å². The third kappa shape index (κ3) is 18.6. The SMILES string of the molecule is CC(C)(C)c1c(CO)ccc2ccccc12.CC(C)(C)c1ccc2ccccc2c1.CC(C)(C)c1cccc2ccccc12.COc1ccc(C(C)(C)C)c2ccccc12.COc1ccc2c(C(C)(C)C)cccc2c1.Cc1ccc(C(C)(C)C)cc1. The smallest absolute Gasteiger partial charge is 0.126 e. The van der Waals surface area contributed by atoms with Crippen molar-refractivity contribution in [2.75, 3.05) is 14.2 Å². The molecule has 11 aromatic carbocycles. The quantitative estimate of drug-likeness (QED) is 0.192. The Morgan fingerprint density at radius 3 is 1.23 bits per heavy atom. The fraction of sp³-hybridized carbons (Fsp3) is 0.333. The van der Waals surface area contributed by atoms with Crippen LogP contribution in [0, 0.1) is 6.92 Å². The van der Waals surface area contributed by atoms with Gasteiger partial charge in [-0.3, -0.25) is 0 Å². The Morgan fingerprint density at radius 2 is 0.724 bits per heavy atom. The zero-order chi connectivity index (χ0) is 64.1. The predicted octanol–water partition coefficient (Wildman–Crippen LogP) is 23.5. The van der Waals surface area contributed by atoms with Gasteiger partial charge in [-0.15, -0.1) is 0 Å². The van der Waals surface area contributed by atoms with Crippen molar-refractivity contribution in [1.82, 2.24) is 0 Å². The van der Waals surface area contributed by atoms with Crippen LogP contribution in [0.3, 0.4) is 0 Å². The molecular weight excluding hydrogens is 1060 g/mol. The number of benzene rings is 11. The van der Waals surface area contributed by atoms with Gasteiger partial charge in [0, 0.05) is 5.39 Å². The zero-order valence-corrected chi connectivity index (χ0v) is 56.8. The summed E-state index contributed by atoms with van der Waals surface area (Å²) in [5.74, 6) is 1.86. The molecular formula is C84H102O3. The zero-order valence-electron chi connectivity index (χ0n) is 56.8. The molecule has 3 nitrogen and oxygen atoms in total. The maximum atomic E-state index is 9.44. The standard InChI is InChI=1S/3C15H18O.2C14H16.C11H16/c1-15(2,3)14-7-5-6-11-10-12(16-4)8-9-13(11)14;1-15(2,3)13-9-10-14(16-4)12-8-6-5-7-11(12)13;1-15(2,3)14-12(10-16)9-8-11-6-4-5-7-13(11)14;1-14(2,3)13-10-6-8-11-7-4-5-9-12(11)13;1-14(2,3)13-9-8-11-6-4-5-7-12(11)10-13;1-9-5-7-10(8-6-9)11(2,3)4/h2*5-10H,1-4H3;4-9,16H,10H2,1-3H3;2*4-10H,1-3H3;5-8H,1-4H3. The van der Waals surface area contributed by atoms with E-state index in [1.165, 1.54) is 92.8 Å². The van der Waals surface area contributed by atoms with E-state index in [4.69, 9.17) is 9.47 Å². The molecule has 0 saturated heterocycles. The Morgan fingerprint density at radius 1 is 0.299 bits per heavy atom. The molecule has 0 aliphatic heterocycles. The van der Waals surface area contributed by atoms with E-state index in [1.54, 1.807) is 14.2 Å². The summed E-state index contributed by atoms with van der Waals surface area (Å²) >= 11 is 0. The first kappa shape index (κ1) is 68.4. The Kier molecular flexibility index (Phi) is 22.7. The molecule has 0 saturated carbocycles. The lowest BCUT2D eigenvalue weighted by molar-refractivity contribution is 0.279. The van der Waals surface area contributed by atoms with Gasteiger partial charge in [-0.2, -0.15) is 0 Å². The van der Waals surface area contributed by atoms with Crippen molar-refractivity contribution in [2.45, 2.75) is 171 Å². The minimum atomic E-state index is 0.0545. The van der Waals surface area contributed by atoms with Crippen molar-refractivity contribution in [3.63, 3.8) is 0 Å². The third-order valence-corrected chi connectivity index (χ3v) is 15.9. The molecule has 0 aliphatic carbocycles. The maximum Gasteiger partial charge on any atom is 0.126 e. The monoisotopic (exact) mass is 1160 g/mol. The summed E-state index contributed by atoms with van der Waals surface area (Å²) in [5.41, 5.74) is 11.7. The van der Waals surface area contributed by atoms with Crippen molar-refractivity contribution in [1.29, 1.82) is 0 Å². The van der Waals surface area contributed by atoms with Gasteiger partial charge in [-0.25, -0.2) is 0 Å². The molecule has 0 radical (unpaired) electrons. The summed E-state index contributed by atoms with van der Waals surface area (Å²) in [6, 6.07) is 76.9. The van der Waals surface area contributed by atoms with Gasteiger partial charge in [-0.1, -0.05) is 330 Å². The van der Waals surface area contributed by atoms with Gasteiger partial charge in [-0.05, 0) is 145 Å². The van der Waals surface area contributed by atoms with Crippen LogP contribution in [0.25, 0.3) is 53.9 Å². The fourth-order valence-corrected chi connectivity index (χ4v) is 11.1. The molecule has 0 fully saturated rings. The van der Waals surface area contributed by atoms with Crippen LogP contribution in [-0.4, -0.2) is 19.3 Å². The Bertz CT molecular complexity index is 3970. The lowest BCUT2D eigenvalue weighted by Crippen LogP contribution is -2.15. The van der Waals surface area contributed by atoms with Crippen molar-refractivity contribution in [2.24, 2.45) is 0 Å². The summed E-state index contributed by atoms with van der Waals surface area (Å²) in [4.78, 5) is 0. The largest absolute Gasteiger partial charge is 0.497 e. The third-order valence-electron chi connectivity index (χ3n) is 15.9. The highest BCUT2D eigenvalue weighted by Crippen LogP contribution is 2.37. The molecule has 3 heteroatoms. The molecule has 11 aromatic rings. The second-order valence-electron chi connectivity index (χ2n) is 29.2. The van der Waals surface area contributed by atoms with Crippen molar-refractivity contribution in [3.05, 3.63) is 263 Å². The first-order chi connectivity index (χ1) is 40.8. The highest BCUT2D eigenvalue weighted by molar-refractivity contribution is 5.92. The van der Waals surface area contributed by atoms with Gasteiger partial charge in [0.25, 0.3) is 0 Å². The number of aliphatic hydroxyl groups is 1. The molecule has 0 heterocycles. The summed E-state index contributed by atoms with van der Waals surface area (Å²) in [6.07, 6.45) is 0. The van der Waals surface area contributed by atoms with Crippen LogP contribution in [0.4, 0.5) is 0 Å². The molecule has 0 aromatic heterocycles. The van der Waals surface area contributed by atoms with Crippen LogP contribution >= 0.6 is 0 Å². The van der Waals surface area contributed by atoms with E-state index in [9.17, 15) is 5.11 Å². The number of rotatable bonds is 3. The number of aliphatic hydroxyl groups excluding tert-OH is 1. The normalized spacial score (nSPS) is 11.8. The van der Waals surface area contributed by atoms with E-state index in [0.29, 0.717) is 0 Å². The number of fused-ring (bicyclic) bond motifs is 5. The molecule has 0 aliphatic rings. The first-order valence-corrected chi connectivity index (χ1v) is 31.1. The van der Waals surface area contributed by atoms with E-state index in [0.717, 1.165) is 17.1 Å². The van der Waals surface area contributed by atoms with Crippen molar-refractivity contribution >= 4 is 53.9 Å². The molecule has 0 amide bonds. The van der Waals surface area contributed by atoms with E-state index in [2.05, 4.69) is 332 Å². The highest BCUT2D eigenvalue weighted by Gasteiger charge is 2.22. The maximum absolute atomic E-state index is 9.44. The second kappa shape index (κ2) is 28.9. The molecule has 0 spiro atoms. The van der Waals surface area contributed by atoms with Gasteiger partial charge in [0.1, 0.15) is 11.5 Å². The second-order valence-corrected chi connectivity index (χ2v) is 29.2. The number of ether oxygens (including phenoxy) is 2. The highest BCUT2D eigenvalue weighted by atomic mass is 16.5. The average Bonchev–Trinajstić information content (AvgIpc) is 1.12. The minimum Gasteiger partial charge on any atom is -0.497 e. The molecule has 0 bridgehead atoms. The number of aryl methyl sites for hydroxylation is 1. The van der Waals surface area contributed by atoms with E-state index in [-0.39, 0.29) is 39.1 Å². The molecule has 87 heavy (non-hydrogen) atoms. The molecule has 11 rings (SSSR count). The Hall–Kier alpha value is -7.72. The van der Waals surface area contributed by atoms with Crippen LogP contribution < -0.4 is 9.47 Å². The molecule has 0 atom stereocenters. The number of hydrogen-bond acceptors (Lipinski definition) is 3. The minimum absolute atomic E-state index is 0.0545. The Balaban J connectivity index is 0.000000167. The average molecular weight is 1160 g/mol. The lowest BCUT2D eigenvalue weighted by Gasteiger charge is -2.24. The fourth-order valence-electron chi connectivity index (χ4n) is 11.1. The van der Waals surface area contributed by atoms with E-state index < -0.39 is 0 Å². The summed E-state index contributed by atoms with van der Waals surface area (Å²) < 4.78 is 10.6. The van der Waals surface area contributed by atoms with Crippen LogP contribution in [0.1, 0.15) is 169 Å². The Labute approximate surface area is 524 Å². The van der Waals surface area contributed by atoms with Gasteiger partial charge >= 0.3 is 0 Å². The summed E-state index contributed by atoms with van der Waals surface area (Å²) in [5, 5.41) is 22.3. The predicted molar refractivity (Wildman–Crippen MR) is 382 cm³/mol. The van der Waals surface area contributed by atoms with Crippen LogP contribution in [-0.2, 0) is 39.1 Å². The topological polar surface area (TPSA) is 38.7 Å². The van der Waals surface area contributed by atoms with Gasteiger partial charge in [0.2, 0.25) is 0 Å². The molecule has 0 unspecified atom stereocenters. The molecule has 1 N–H and O–H groups in total.